The number of ether oxygens (including phenoxy) is 2. The van der Waals surface area contributed by atoms with Crippen LogP contribution in [-0.4, -0.2) is 29.3 Å². The van der Waals surface area contributed by atoms with Gasteiger partial charge < -0.3 is 9.47 Å². The third kappa shape index (κ3) is 6.59. The molecular weight excluding hydrogens is 487 g/mol. The SMILES string of the molecule is CC(C)(C)OC(=O)NNc1nc2c(cc1Cc1ccc(F)cc1)N(C(=O)OCc1ccccc1)CC2(C)C. The summed E-state index contributed by atoms with van der Waals surface area (Å²) in [6.07, 6.45) is -0.743. The molecule has 200 valence electrons. The summed E-state index contributed by atoms with van der Waals surface area (Å²) >= 11 is 0. The molecular formula is C29H33FN4O4. The molecule has 0 fully saturated rings. The Bertz CT molecular complexity index is 1300. The van der Waals surface area contributed by atoms with Gasteiger partial charge in [0.15, 0.2) is 0 Å². The molecule has 0 radical (unpaired) electrons. The first-order chi connectivity index (χ1) is 17.9. The summed E-state index contributed by atoms with van der Waals surface area (Å²) in [6.45, 7) is 9.84. The maximum absolute atomic E-state index is 13.5. The summed E-state index contributed by atoms with van der Waals surface area (Å²) in [5.74, 6) is 0.0753. The van der Waals surface area contributed by atoms with Crippen LogP contribution in [-0.2, 0) is 27.9 Å². The minimum absolute atomic E-state index is 0.154. The van der Waals surface area contributed by atoms with Gasteiger partial charge in [0.05, 0.1) is 11.4 Å². The fourth-order valence-corrected chi connectivity index (χ4v) is 4.24. The zero-order chi connectivity index (χ0) is 27.5. The first-order valence-corrected chi connectivity index (χ1v) is 12.4. The third-order valence-electron chi connectivity index (χ3n) is 5.98. The van der Waals surface area contributed by atoms with Crippen molar-refractivity contribution < 1.29 is 23.5 Å². The molecule has 1 aromatic heterocycles. The first kappa shape index (κ1) is 26.9. The van der Waals surface area contributed by atoms with Gasteiger partial charge in [-0.2, -0.15) is 0 Å². The number of nitrogens with zero attached hydrogens (tertiary/aromatic N) is 2. The van der Waals surface area contributed by atoms with E-state index in [9.17, 15) is 14.0 Å². The lowest BCUT2D eigenvalue weighted by atomic mass is 9.90. The topological polar surface area (TPSA) is 92.8 Å². The Morgan fingerprint density at radius 3 is 2.39 bits per heavy atom. The summed E-state index contributed by atoms with van der Waals surface area (Å²) < 4.78 is 24.4. The highest BCUT2D eigenvalue weighted by atomic mass is 19.1. The van der Waals surface area contributed by atoms with E-state index in [0.717, 1.165) is 11.1 Å². The molecule has 1 aliphatic rings. The highest BCUT2D eigenvalue weighted by molar-refractivity contribution is 5.91. The monoisotopic (exact) mass is 520 g/mol. The van der Waals surface area contributed by atoms with Gasteiger partial charge in [-0.25, -0.2) is 24.4 Å². The Hall–Kier alpha value is -4.14. The van der Waals surface area contributed by atoms with Gasteiger partial charge >= 0.3 is 12.2 Å². The Kier molecular flexibility index (Phi) is 7.57. The minimum atomic E-state index is -0.670. The number of hydrazine groups is 1. The van der Waals surface area contributed by atoms with E-state index in [1.807, 2.05) is 50.2 Å². The molecule has 2 N–H and O–H groups in total. The lowest BCUT2D eigenvalue weighted by molar-refractivity contribution is 0.0540. The number of halogens is 1. The summed E-state index contributed by atoms with van der Waals surface area (Å²) in [6, 6.07) is 17.5. The van der Waals surface area contributed by atoms with E-state index in [4.69, 9.17) is 14.5 Å². The lowest BCUT2D eigenvalue weighted by Gasteiger charge is -2.21. The van der Waals surface area contributed by atoms with Gasteiger partial charge in [0.2, 0.25) is 0 Å². The normalized spacial score (nSPS) is 14.0. The molecule has 1 aliphatic heterocycles. The molecule has 3 aromatic rings. The predicted molar refractivity (Wildman–Crippen MR) is 143 cm³/mol. The van der Waals surface area contributed by atoms with Gasteiger partial charge in [-0.05, 0) is 50.1 Å². The number of nitrogens with one attached hydrogen (secondary N) is 2. The zero-order valence-electron chi connectivity index (χ0n) is 22.3. The van der Waals surface area contributed by atoms with Crippen molar-refractivity contribution in [3.05, 3.63) is 88.9 Å². The second-order valence-corrected chi connectivity index (χ2v) is 10.9. The first-order valence-electron chi connectivity index (χ1n) is 12.4. The second-order valence-electron chi connectivity index (χ2n) is 10.9. The average Bonchev–Trinajstić information content (AvgIpc) is 3.12. The number of amides is 2. The van der Waals surface area contributed by atoms with E-state index in [0.29, 0.717) is 35.7 Å². The zero-order valence-corrected chi connectivity index (χ0v) is 22.3. The number of carbonyl (C=O) groups is 2. The van der Waals surface area contributed by atoms with Gasteiger partial charge in [0.25, 0.3) is 0 Å². The number of fused-ring (bicyclic) bond motifs is 1. The maximum atomic E-state index is 13.5. The number of carbonyl (C=O) groups excluding carboxylic acids is 2. The second kappa shape index (κ2) is 10.7. The number of anilines is 2. The van der Waals surface area contributed by atoms with Crippen molar-refractivity contribution in [2.24, 2.45) is 0 Å². The highest BCUT2D eigenvalue weighted by Gasteiger charge is 2.41. The van der Waals surface area contributed by atoms with Crippen LogP contribution in [0.15, 0.2) is 60.7 Å². The van der Waals surface area contributed by atoms with Crippen LogP contribution in [0.4, 0.5) is 25.5 Å². The van der Waals surface area contributed by atoms with Crippen LogP contribution in [0.1, 0.15) is 57.0 Å². The van der Waals surface area contributed by atoms with Crippen molar-refractivity contribution >= 4 is 23.7 Å². The van der Waals surface area contributed by atoms with Crippen LogP contribution < -0.4 is 15.8 Å². The largest absolute Gasteiger partial charge is 0.444 e. The molecule has 0 bridgehead atoms. The van der Waals surface area contributed by atoms with E-state index >= 15 is 0 Å². The van der Waals surface area contributed by atoms with Gasteiger partial charge in [-0.1, -0.05) is 56.3 Å². The third-order valence-corrected chi connectivity index (χ3v) is 5.98. The van der Waals surface area contributed by atoms with Crippen molar-refractivity contribution in [3.8, 4) is 0 Å². The molecule has 4 rings (SSSR count). The average molecular weight is 521 g/mol. The molecule has 0 atom stereocenters. The van der Waals surface area contributed by atoms with Crippen LogP contribution >= 0.6 is 0 Å². The van der Waals surface area contributed by atoms with Crippen LogP contribution in [0.5, 0.6) is 0 Å². The number of aromatic nitrogens is 1. The molecule has 0 saturated heterocycles. The fourth-order valence-electron chi connectivity index (χ4n) is 4.24. The summed E-state index contributed by atoms with van der Waals surface area (Å²) in [5.41, 5.74) is 8.02. The standard InChI is InChI=1S/C29H33FN4O4/c1-28(2,3)38-26(35)33-32-25-21(15-19-11-13-22(30)14-12-19)16-23-24(31-25)29(4,5)18-34(23)27(36)37-17-20-9-7-6-8-10-20/h6-14,16H,15,17-18H2,1-5H3,(H,31,32)(H,33,35). The number of hydrogen-bond donors (Lipinski definition) is 2. The molecule has 0 spiro atoms. The summed E-state index contributed by atoms with van der Waals surface area (Å²) in [7, 11) is 0. The smallest absolute Gasteiger partial charge is 0.426 e. The Balaban J connectivity index is 1.64. The predicted octanol–water partition coefficient (Wildman–Crippen LogP) is 6.10. The fraction of sp³-hybridized carbons (Fsp3) is 0.345. The Morgan fingerprint density at radius 1 is 1.05 bits per heavy atom. The minimum Gasteiger partial charge on any atom is -0.444 e. The number of hydrogen-bond acceptors (Lipinski definition) is 6. The van der Waals surface area contributed by atoms with Crippen molar-refractivity contribution in [1.82, 2.24) is 10.4 Å². The van der Waals surface area contributed by atoms with Crippen molar-refractivity contribution in [2.75, 3.05) is 16.9 Å². The summed E-state index contributed by atoms with van der Waals surface area (Å²) in [4.78, 5) is 31.9. The molecule has 0 saturated carbocycles. The lowest BCUT2D eigenvalue weighted by Crippen LogP contribution is -2.36. The molecule has 38 heavy (non-hydrogen) atoms. The molecule has 2 aromatic carbocycles. The van der Waals surface area contributed by atoms with E-state index in [2.05, 4.69) is 10.9 Å². The van der Waals surface area contributed by atoms with E-state index in [-0.39, 0.29) is 12.4 Å². The van der Waals surface area contributed by atoms with Gasteiger partial charge in [0.1, 0.15) is 23.8 Å². The summed E-state index contributed by atoms with van der Waals surface area (Å²) in [5, 5.41) is 0. The highest BCUT2D eigenvalue weighted by Crippen LogP contribution is 2.42. The molecule has 2 heterocycles. The molecule has 8 nitrogen and oxygen atoms in total. The maximum Gasteiger partial charge on any atom is 0.426 e. The molecule has 0 unspecified atom stereocenters. The van der Waals surface area contributed by atoms with E-state index in [1.165, 1.54) is 12.1 Å². The molecule has 9 heteroatoms. The van der Waals surface area contributed by atoms with Crippen molar-refractivity contribution in [3.63, 3.8) is 0 Å². The number of rotatable bonds is 6. The van der Waals surface area contributed by atoms with Gasteiger partial charge in [-0.3, -0.25) is 10.3 Å². The van der Waals surface area contributed by atoms with Gasteiger partial charge in [0, 0.05) is 23.9 Å². The van der Waals surface area contributed by atoms with Crippen molar-refractivity contribution in [1.29, 1.82) is 0 Å². The van der Waals surface area contributed by atoms with Crippen LogP contribution in [0, 0.1) is 5.82 Å². The Labute approximate surface area is 222 Å². The number of benzene rings is 2. The van der Waals surface area contributed by atoms with Crippen LogP contribution in [0.25, 0.3) is 0 Å². The molecule has 2 amide bonds. The Morgan fingerprint density at radius 2 is 1.74 bits per heavy atom. The van der Waals surface area contributed by atoms with Crippen LogP contribution in [0.3, 0.4) is 0 Å². The van der Waals surface area contributed by atoms with Gasteiger partial charge in [-0.15, -0.1) is 0 Å². The number of pyridine rings is 1. The van der Waals surface area contributed by atoms with E-state index in [1.54, 1.807) is 37.8 Å². The van der Waals surface area contributed by atoms with Crippen molar-refractivity contribution in [2.45, 2.75) is 58.7 Å². The van der Waals surface area contributed by atoms with E-state index < -0.39 is 23.2 Å². The van der Waals surface area contributed by atoms with Crippen LogP contribution in [0.2, 0.25) is 0 Å². The molecule has 0 aliphatic carbocycles. The quantitative estimate of drug-likeness (QED) is 0.382.